The summed E-state index contributed by atoms with van der Waals surface area (Å²) in [5.41, 5.74) is 2.85. The van der Waals surface area contributed by atoms with Crippen molar-refractivity contribution in [3.63, 3.8) is 0 Å². The van der Waals surface area contributed by atoms with Crippen LogP contribution in [0.3, 0.4) is 0 Å². The quantitative estimate of drug-likeness (QED) is 0.859. The van der Waals surface area contributed by atoms with E-state index in [9.17, 15) is 4.79 Å². The number of rotatable bonds is 5. The van der Waals surface area contributed by atoms with Crippen LogP contribution in [0.4, 0.5) is 11.4 Å². The Morgan fingerprint density at radius 1 is 1.00 bits per heavy atom. The molecule has 2 N–H and O–H groups in total. The molecule has 2 aromatic carbocycles. The summed E-state index contributed by atoms with van der Waals surface area (Å²) in [6.45, 7) is 2.90. The highest BCUT2D eigenvalue weighted by Crippen LogP contribution is 2.15. The summed E-state index contributed by atoms with van der Waals surface area (Å²) >= 11 is 0. The van der Waals surface area contributed by atoms with Crippen molar-refractivity contribution in [3.8, 4) is 0 Å². The Morgan fingerprint density at radius 2 is 1.74 bits per heavy atom. The van der Waals surface area contributed by atoms with Crippen molar-refractivity contribution in [2.75, 3.05) is 17.2 Å². The molecule has 2 aromatic rings. The Balaban J connectivity index is 1.97. The van der Waals surface area contributed by atoms with E-state index < -0.39 is 0 Å². The molecule has 98 valence electrons. The minimum absolute atomic E-state index is 0.000140. The molecule has 0 saturated heterocycles. The molecular weight excluding hydrogens is 236 g/mol. The Morgan fingerprint density at radius 3 is 2.47 bits per heavy atom. The maximum Gasteiger partial charge on any atom is 0.228 e. The van der Waals surface area contributed by atoms with Gasteiger partial charge in [-0.2, -0.15) is 0 Å². The van der Waals surface area contributed by atoms with Gasteiger partial charge in [0.15, 0.2) is 0 Å². The highest BCUT2D eigenvalue weighted by atomic mass is 16.1. The molecule has 3 nitrogen and oxygen atoms in total. The third-order valence-corrected chi connectivity index (χ3v) is 2.73. The highest BCUT2D eigenvalue weighted by Gasteiger charge is 2.04. The van der Waals surface area contributed by atoms with Gasteiger partial charge in [-0.15, -0.1) is 0 Å². The molecule has 3 heteroatoms. The van der Waals surface area contributed by atoms with E-state index >= 15 is 0 Å². The summed E-state index contributed by atoms with van der Waals surface area (Å²) in [5, 5.41) is 6.13. The molecule has 0 aliphatic heterocycles. The average molecular weight is 254 g/mol. The molecule has 0 unspecified atom stereocenters. The van der Waals surface area contributed by atoms with E-state index in [0.717, 1.165) is 23.5 Å². The number of carbonyl (C=O) groups is 1. The van der Waals surface area contributed by atoms with E-state index in [1.54, 1.807) is 0 Å². The van der Waals surface area contributed by atoms with Gasteiger partial charge in [-0.25, -0.2) is 0 Å². The van der Waals surface area contributed by atoms with Crippen LogP contribution < -0.4 is 10.6 Å². The van der Waals surface area contributed by atoms with Gasteiger partial charge in [-0.1, -0.05) is 36.4 Å². The van der Waals surface area contributed by atoms with Gasteiger partial charge in [-0.3, -0.25) is 4.79 Å². The topological polar surface area (TPSA) is 41.1 Å². The molecule has 0 saturated carbocycles. The van der Waals surface area contributed by atoms with Gasteiger partial charge in [0, 0.05) is 17.9 Å². The second kappa shape index (κ2) is 6.59. The Hall–Kier alpha value is -2.29. The van der Waals surface area contributed by atoms with Crippen molar-refractivity contribution in [1.29, 1.82) is 0 Å². The van der Waals surface area contributed by atoms with Crippen LogP contribution in [0.25, 0.3) is 0 Å². The van der Waals surface area contributed by atoms with Gasteiger partial charge in [0.05, 0.1) is 6.42 Å². The number of amides is 1. The molecular formula is C16H18N2O. The van der Waals surface area contributed by atoms with Gasteiger partial charge in [-0.05, 0) is 30.7 Å². The molecule has 0 heterocycles. The van der Waals surface area contributed by atoms with Crippen LogP contribution >= 0.6 is 0 Å². The Kier molecular flexibility index (Phi) is 4.56. The van der Waals surface area contributed by atoms with E-state index in [1.165, 1.54) is 0 Å². The predicted octanol–water partition coefficient (Wildman–Crippen LogP) is 3.30. The maximum absolute atomic E-state index is 11.9. The summed E-state index contributed by atoms with van der Waals surface area (Å²) in [6.07, 6.45) is 0.395. The summed E-state index contributed by atoms with van der Waals surface area (Å²) in [5.74, 6) is -0.000140. The first kappa shape index (κ1) is 13.1. The van der Waals surface area contributed by atoms with Crippen molar-refractivity contribution in [2.45, 2.75) is 13.3 Å². The molecule has 0 fully saturated rings. The Labute approximate surface area is 113 Å². The number of hydrogen-bond acceptors (Lipinski definition) is 2. The fourth-order valence-corrected chi connectivity index (χ4v) is 1.90. The second-order valence-corrected chi connectivity index (χ2v) is 4.32. The second-order valence-electron chi connectivity index (χ2n) is 4.32. The summed E-state index contributed by atoms with van der Waals surface area (Å²) in [6, 6.07) is 17.5. The van der Waals surface area contributed by atoms with Gasteiger partial charge >= 0.3 is 0 Å². The lowest BCUT2D eigenvalue weighted by molar-refractivity contribution is -0.115. The number of carbonyl (C=O) groups excluding carboxylic acids is 1. The van der Waals surface area contributed by atoms with E-state index in [-0.39, 0.29) is 5.91 Å². The van der Waals surface area contributed by atoms with Gasteiger partial charge in [0.25, 0.3) is 0 Å². The normalized spacial score (nSPS) is 9.95. The zero-order valence-corrected chi connectivity index (χ0v) is 11.0. The number of benzene rings is 2. The number of nitrogens with one attached hydrogen (secondary N) is 2. The maximum atomic E-state index is 11.9. The van der Waals surface area contributed by atoms with Crippen LogP contribution in [0.15, 0.2) is 54.6 Å². The zero-order chi connectivity index (χ0) is 13.5. The third-order valence-electron chi connectivity index (χ3n) is 2.73. The minimum atomic E-state index is -0.000140. The van der Waals surface area contributed by atoms with Crippen LogP contribution in [0, 0.1) is 0 Å². The van der Waals surface area contributed by atoms with Crippen molar-refractivity contribution in [2.24, 2.45) is 0 Å². The smallest absolute Gasteiger partial charge is 0.228 e. The molecule has 0 aliphatic carbocycles. The highest BCUT2D eigenvalue weighted by molar-refractivity contribution is 5.92. The summed E-state index contributed by atoms with van der Waals surface area (Å²) < 4.78 is 0. The third kappa shape index (κ3) is 4.14. The average Bonchev–Trinajstić information content (AvgIpc) is 2.40. The monoisotopic (exact) mass is 254 g/mol. The lowest BCUT2D eigenvalue weighted by atomic mass is 10.1. The van der Waals surface area contributed by atoms with Crippen LogP contribution in [0.2, 0.25) is 0 Å². The van der Waals surface area contributed by atoms with E-state index in [4.69, 9.17) is 0 Å². The first-order chi connectivity index (χ1) is 9.28. The van der Waals surface area contributed by atoms with Crippen molar-refractivity contribution >= 4 is 17.3 Å². The summed E-state index contributed by atoms with van der Waals surface area (Å²) in [4.78, 5) is 11.9. The van der Waals surface area contributed by atoms with E-state index in [2.05, 4.69) is 10.6 Å². The lowest BCUT2D eigenvalue weighted by Crippen LogP contribution is -2.14. The van der Waals surface area contributed by atoms with Crippen LogP contribution in [0.5, 0.6) is 0 Å². The molecule has 0 bridgehead atoms. The first-order valence-electron chi connectivity index (χ1n) is 6.45. The lowest BCUT2D eigenvalue weighted by Gasteiger charge is -2.08. The Bertz CT molecular complexity index is 537. The molecule has 0 spiro atoms. The largest absolute Gasteiger partial charge is 0.385 e. The fraction of sp³-hybridized carbons (Fsp3) is 0.188. The summed E-state index contributed by atoms with van der Waals surface area (Å²) in [7, 11) is 0. The van der Waals surface area contributed by atoms with Crippen LogP contribution in [-0.2, 0) is 11.2 Å². The molecule has 0 atom stereocenters. The van der Waals surface area contributed by atoms with Crippen LogP contribution in [0.1, 0.15) is 12.5 Å². The van der Waals surface area contributed by atoms with Gasteiger partial charge < -0.3 is 10.6 Å². The van der Waals surface area contributed by atoms with E-state index in [0.29, 0.717) is 6.42 Å². The van der Waals surface area contributed by atoms with Crippen molar-refractivity contribution in [1.82, 2.24) is 0 Å². The molecule has 1 amide bonds. The molecule has 0 radical (unpaired) electrons. The van der Waals surface area contributed by atoms with E-state index in [1.807, 2.05) is 61.5 Å². The number of anilines is 2. The minimum Gasteiger partial charge on any atom is -0.385 e. The molecule has 2 rings (SSSR count). The first-order valence-corrected chi connectivity index (χ1v) is 6.45. The predicted molar refractivity (Wildman–Crippen MR) is 79.4 cm³/mol. The molecule has 19 heavy (non-hydrogen) atoms. The van der Waals surface area contributed by atoms with Gasteiger partial charge in [0.2, 0.25) is 5.91 Å². The van der Waals surface area contributed by atoms with Crippen molar-refractivity contribution in [3.05, 3.63) is 60.2 Å². The zero-order valence-electron chi connectivity index (χ0n) is 11.0. The SMILES string of the molecule is CCNc1cccc(NC(=O)Cc2ccccc2)c1. The molecule has 0 aromatic heterocycles. The van der Waals surface area contributed by atoms with Crippen LogP contribution in [-0.4, -0.2) is 12.5 Å². The van der Waals surface area contributed by atoms with Gasteiger partial charge in [0.1, 0.15) is 0 Å². The molecule has 0 aliphatic rings. The number of hydrogen-bond donors (Lipinski definition) is 2. The van der Waals surface area contributed by atoms with Crippen molar-refractivity contribution < 1.29 is 4.79 Å². The fourth-order valence-electron chi connectivity index (χ4n) is 1.90. The standard InChI is InChI=1S/C16H18N2O/c1-2-17-14-9-6-10-15(12-14)18-16(19)11-13-7-4-3-5-8-13/h3-10,12,17H,2,11H2,1H3,(H,18,19).